The van der Waals surface area contributed by atoms with Crippen molar-refractivity contribution < 1.29 is 23.8 Å². The molecule has 0 bridgehead atoms. The Bertz CT molecular complexity index is 528. The van der Waals surface area contributed by atoms with Crippen LogP contribution in [0.3, 0.4) is 0 Å². The fraction of sp³-hybridized carbons (Fsp3) is 0.273. The lowest BCUT2D eigenvalue weighted by Crippen LogP contribution is -2.45. The van der Waals surface area contributed by atoms with E-state index in [-0.39, 0.29) is 22.6 Å². The van der Waals surface area contributed by atoms with E-state index < -0.39 is 23.4 Å². The van der Waals surface area contributed by atoms with Gasteiger partial charge in [0.15, 0.2) is 0 Å². The lowest BCUT2D eigenvalue weighted by atomic mass is 9.90. The predicted octanol–water partition coefficient (Wildman–Crippen LogP) is 2.04. The van der Waals surface area contributed by atoms with Gasteiger partial charge in [-0.2, -0.15) is 0 Å². The van der Waals surface area contributed by atoms with Crippen LogP contribution in [0.15, 0.2) is 12.1 Å². The number of aliphatic carboxylic acids is 1. The van der Waals surface area contributed by atoms with Crippen molar-refractivity contribution in [1.29, 1.82) is 0 Å². The van der Waals surface area contributed by atoms with Crippen LogP contribution in [0, 0.1) is 5.82 Å². The molecule has 0 aromatic heterocycles. The molecule has 1 aliphatic heterocycles. The third-order valence-corrected chi connectivity index (χ3v) is 2.95. The number of carboxylic acid groups (broad SMARTS) is 1. The van der Waals surface area contributed by atoms with Crippen LogP contribution >= 0.6 is 11.6 Å². The second-order valence-electron chi connectivity index (χ2n) is 4.03. The zero-order chi connectivity index (χ0) is 12.8. The van der Waals surface area contributed by atoms with Crippen LogP contribution in [-0.2, 0) is 16.0 Å². The predicted molar refractivity (Wildman–Crippen MR) is 56.6 cm³/mol. The summed E-state index contributed by atoms with van der Waals surface area (Å²) >= 11 is 5.55. The minimum absolute atomic E-state index is 0.0858. The van der Waals surface area contributed by atoms with Crippen LogP contribution < -0.4 is 0 Å². The van der Waals surface area contributed by atoms with Crippen LogP contribution in [0.1, 0.15) is 22.8 Å². The van der Waals surface area contributed by atoms with Crippen LogP contribution in [0.5, 0.6) is 0 Å². The summed E-state index contributed by atoms with van der Waals surface area (Å²) in [6, 6.07) is 2.22. The Kier molecular flexibility index (Phi) is 2.58. The molecule has 0 saturated carbocycles. The quantitative estimate of drug-likeness (QED) is 0.783. The fourth-order valence-electron chi connectivity index (χ4n) is 1.70. The molecule has 0 saturated heterocycles. The molecule has 0 amide bonds. The third-order valence-electron chi connectivity index (χ3n) is 2.66. The molecule has 1 unspecified atom stereocenters. The highest BCUT2D eigenvalue weighted by Gasteiger charge is 2.43. The normalized spacial score (nSPS) is 22.9. The van der Waals surface area contributed by atoms with E-state index in [1.54, 1.807) is 0 Å². The number of halogens is 2. The summed E-state index contributed by atoms with van der Waals surface area (Å²) < 4.78 is 18.1. The van der Waals surface area contributed by atoms with Crippen molar-refractivity contribution in [2.45, 2.75) is 18.9 Å². The van der Waals surface area contributed by atoms with Crippen molar-refractivity contribution >= 4 is 23.5 Å². The number of fused-ring (bicyclic) bond motifs is 1. The Hall–Kier alpha value is -1.62. The molecule has 0 radical (unpaired) electrons. The number of carbonyl (C=O) groups is 2. The molecule has 1 N–H and O–H groups in total. The molecule has 1 atom stereocenters. The molecule has 2 rings (SSSR count). The number of hydrogen-bond donors (Lipinski definition) is 1. The van der Waals surface area contributed by atoms with Gasteiger partial charge in [-0.15, -0.1) is 0 Å². The van der Waals surface area contributed by atoms with Crippen molar-refractivity contribution in [1.82, 2.24) is 0 Å². The SMILES string of the molecule is CC1(C(=O)O)Cc2cc(F)c(Cl)cc2C(=O)O1. The first kappa shape index (κ1) is 11.9. The maximum absolute atomic E-state index is 13.3. The molecule has 17 heavy (non-hydrogen) atoms. The second kappa shape index (κ2) is 3.70. The largest absolute Gasteiger partial charge is 0.478 e. The molecule has 90 valence electrons. The minimum Gasteiger partial charge on any atom is -0.478 e. The average Bonchev–Trinajstić information content (AvgIpc) is 2.21. The summed E-state index contributed by atoms with van der Waals surface area (Å²) in [5.41, 5.74) is -1.27. The zero-order valence-electron chi connectivity index (χ0n) is 8.79. The summed E-state index contributed by atoms with van der Waals surface area (Å²) in [6.45, 7) is 1.27. The molecule has 6 heteroatoms. The molecule has 4 nitrogen and oxygen atoms in total. The highest BCUT2D eigenvalue weighted by atomic mass is 35.5. The van der Waals surface area contributed by atoms with E-state index in [0.29, 0.717) is 0 Å². The summed E-state index contributed by atoms with van der Waals surface area (Å²) in [4.78, 5) is 22.6. The van der Waals surface area contributed by atoms with Crippen molar-refractivity contribution in [3.63, 3.8) is 0 Å². The van der Waals surface area contributed by atoms with Crippen LogP contribution in [-0.4, -0.2) is 22.6 Å². The molecular weight excluding hydrogens is 251 g/mol. The number of carbonyl (C=O) groups excluding carboxylic acids is 1. The van der Waals surface area contributed by atoms with Gasteiger partial charge in [0, 0.05) is 6.42 Å². The Morgan fingerprint density at radius 3 is 2.82 bits per heavy atom. The van der Waals surface area contributed by atoms with Gasteiger partial charge in [0.25, 0.3) is 0 Å². The van der Waals surface area contributed by atoms with Crippen LogP contribution in [0.2, 0.25) is 5.02 Å². The van der Waals surface area contributed by atoms with Gasteiger partial charge in [0.1, 0.15) is 5.82 Å². The molecule has 1 aliphatic rings. The number of hydrogen-bond acceptors (Lipinski definition) is 3. The molecule has 0 aliphatic carbocycles. The number of benzene rings is 1. The van der Waals surface area contributed by atoms with Gasteiger partial charge in [0.2, 0.25) is 5.60 Å². The van der Waals surface area contributed by atoms with Crippen molar-refractivity contribution in [3.05, 3.63) is 34.1 Å². The summed E-state index contributed by atoms with van der Waals surface area (Å²) in [6.07, 6.45) is -0.0858. The van der Waals surface area contributed by atoms with Gasteiger partial charge in [-0.05, 0) is 24.6 Å². The average molecular weight is 259 g/mol. The molecule has 1 aromatic carbocycles. The zero-order valence-corrected chi connectivity index (χ0v) is 9.55. The van der Waals surface area contributed by atoms with Gasteiger partial charge < -0.3 is 9.84 Å². The van der Waals surface area contributed by atoms with Crippen molar-refractivity contribution in [3.8, 4) is 0 Å². The Morgan fingerprint density at radius 2 is 2.24 bits per heavy atom. The number of rotatable bonds is 1. The van der Waals surface area contributed by atoms with Gasteiger partial charge >= 0.3 is 11.9 Å². The van der Waals surface area contributed by atoms with E-state index in [9.17, 15) is 14.0 Å². The fourth-order valence-corrected chi connectivity index (χ4v) is 1.87. The lowest BCUT2D eigenvalue weighted by Gasteiger charge is -2.30. The molecule has 0 fully saturated rings. The molecule has 0 spiro atoms. The Morgan fingerprint density at radius 1 is 1.59 bits per heavy atom. The lowest BCUT2D eigenvalue weighted by molar-refractivity contribution is -0.158. The van der Waals surface area contributed by atoms with Crippen LogP contribution in [0.25, 0.3) is 0 Å². The maximum Gasteiger partial charge on any atom is 0.348 e. The number of esters is 1. The Balaban J connectivity index is 2.54. The van der Waals surface area contributed by atoms with E-state index in [2.05, 4.69) is 0 Å². The van der Waals surface area contributed by atoms with E-state index in [4.69, 9.17) is 21.4 Å². The second-order valence-corrected chi connectivity index (χ2v) is 4.43. The van der Waals surface area contributed by atoms with Crippen molar-refractivity contribution in [2.24, 2.45) is 0 Å². The number of ether oxygens (including phenoxy) is 1. The van der Waals surface area contributed by atoms with E-state index in [1.807, 2.05) is 0 Å². The monoisotopic (exact) mass is 258 g/mol. The van der Waals surface area contributed by atoms with E-state index in [1.165, 1.54) is 6.92 Å². The smallest absolute Gasteiger partial charge is 0.348 e. The van der Waals surface area contributed by atoms with Gasteiger partial charge in [-0.3, -0.25) is 0 Å². The summed E-state index contributed by atoms with van der Waals surface area (Å²) in [5, 5.41) is 8.77. The third kappa shape index (κ3) is 1.86. The Labute approximate surface area is 101 Å². The summed E-state index contributed by atoms with van der Waals surface area (Å²) in [7, 11) is 0. The van der Waals surface area contributed by atoms with Crippen molar-refractivity contribution in [2.75, 3.05) is 0 Å². The number of carboxylic acids is 1. The first-order chi connectivity index (χ1) is 7.83. The highest BCUT2D eigenvalue weighted by molar-refractivity contribution is 6.31. The highest BCUT2D eigenvalue weighted by Crippen LogP contribution is 2.31. The topological polar surface area (TPSA) is 63.6 Å². The molecule has 1 heterocycles. The molecular formula is C11H8ClFO4. The first-order valence-electron chi connectivity index (χ1n) is 4.78. The van der Waals surface area contributed by atoms with Gasteiger partial charge in [-0.25, -0.2) is 14.0 Å². The van der Waals surface area contributed by atoms with Crippen LogP contribution in [0.4, 0.5) is 4.39 Å². The van der Waals surface area contributed by atoms with Gasteiger partial charge in [-0.1, -0.05) is 11.6 Å². The standard InChI is InChI=1S/C11H8ClFO4/c1-11(10(15)16)4-5-2-8(13)7(12)3-6(5)9(14)17-11/h2-3H,4H2,1H3,(H,15,16). The minimum atomic E-state index is -1.66. The van der Waals surface area contributed by atoms with E-state index >= 15 is 0 Å². The first-order valence-corrected chi connectivity index (χ1v) is 5.16. The summed E-state index contributed by atoms with van der Waals surface area (Å²) in [5.74, 6) is -2.77. The van der Waals surface area contributed by atoms with E-state index in [0.717, 1.165) is 12.1 Å². The maximum atomic E-state index is 13.3. The molecule has 1 aromatic rings. The van der Waals surface area contributed by atoms with Gasteiger partial charge in [0.05, 0.1) is 10.6 Å². The number of cyclic esters (lactones) is 1.